The summed E-state index contributed by atoms with van der Waals surface area (Å²) in [5.74, 6) is 0. The van der Waals surface area contributed by atoms with E-state index in [1.54, 1.807) is 4.88 Å². The zero-order chi connectivity index (χ0) is 37.4. The second-order valence-electron chi connectivity index (χ2n) is 19.7. The van der Waals surface area contributed by atoms with Crippen molar-refractivity contribution in [3.05, 3.63) is 92.4 Å². The third-order valence-corrected chi connectivity index (χ3v) is 15.9. The van der Waals surface area contributed by atoms with Crippen LogP contribution in [0.15, 0.2) is 61.1 Å². The van der Waals surface area contributed by atoms with Crippen molar-refractivity contribution >= 4 is 64.4 Å². The van der Waals surface area contributed by atoms with Gasteiger partial charge in [0.05, 0.1) is 14.9 Å². The lowest BCUT2D eigenvalue weighted by atomic mass is 9.68. The van der Waals surface area contributed by atoms with Crippen LogP contribution in [0.3, 0.4) is 0 Å². The summed E-state index contributed by atoms with van der Waals surface area (Å²) < 4.78 is 4.03. The normalized spacial score (nSPS) is 14.0. The minimum Gasteiger partial charge on any atom is -0.263 e. The number of hydrogen-bond acceptors (Lipinski definition) is 5. The molecule has 0 saturated carbocycles. The molecule has 0 radical (unpaired) electrons. The van der Waals surface area contributed by atoms with Crippen molar-refractivity contribution in [2.45, 2.75) is 155 Å². The fourth-order valence-electron chi connectivity index (χ4n) is 8.18. The summed E-state index contributed by atoms with van der Waals surface area (Å²) in [4.78, 5) is 14.1. The summed E-state index contributed by atoms with van der Waals surface area (Å²) in [6, 6.07) is 15.7. The largest absolute Gasteiger partial charge is 0.263 e. The van der Waals surface area contributed by atoms with E-state index in [9.17, 15) is 0 Å². The Morgan fingerprint density at radius 3 is 1.59 bits per heavy atom. The lowest BCUT2D eigenvalue weighted by Crippen LogP contribution is -2.30. The molecule has 0 aliphatic heterocycles. The molecule has 0 aliphatic rings. The number of pyridine rings is 2. The van der Waals surface area contributed by atoms with Crippen LogP contribution in [0.2, 0.25) is 0 Å². The maximum Gasteiger partial charge on any atom is 0.0850 e. The fourth-order valence-corrected chi connectivity index (χ4v) is 12.6. The Morgan fingerprint density at radius 2 is 0.961 bits per heavy atom. The molecule has 5 heteroatoms. The first-order valence-electron chi connectivity index (χ1n) is 18.8. The predicted octanol–water partition coefficient (Wildman–Crippen LogP) is 14.8. The Bertz CT molecular complexity index is 2190. The van der Waals surface area contributed by atoms with Gasteiger partial charge in [-0.2, -0.15) is 0 Å². The van der Waals surface area contributed by atoms with Gasteiger partial charge >= 0.3 is 0 Å². The standard InChI is InChI=1S/C46H60N2S3/c1-41(2,3)34-29-18-15-16-19-31(29)49-39(34)45(11,12)25-23-44(9,10)36-37-32(20-17-26-48-37)50-40(36)46(13,14)24-22-43(7,8)35-30-21-27-47-28-33(30)51-38(35)42(4,5)6/h15-21,26-28H,22-25H2,1-14H3. The summed E-state index contributed by atoms with van der Waals surface area (Å²) >= 11 is 5.94. The van der Waals surface area contributed by atoms with Crippen molar-refractivity contribution < 1.29 is 0 Å². The number of fused-ring (bicyclic) bond motifs is 3. The summed E-state index contributed by atoms with van der Waals surface area (Å²) in [7, 11) is 0. The van der Waals surface area contributed by atoms with Gasteiger partial charge in [0, 0.05) is 37.9 Å². The molecule has 6 aromatic rings. The van der Waals surface area contributed by atoms with E-state index in [4.69, 9.17) is 4.98 Å². The summed E-state index contributed by atoms with van der Waals surface area (Å²) in [6.07, 6.45) is 10.4. The Morgan fingerprint density at radius 1 is 0.451 bits per heavy atom. The van der Waals surface area contributed by atoms with Crippen molar-refractivity contribution in [1.29, 1.82) is 0 Å². The molecule has 0 saturated heterocycles. The van der Waals surface area contributed by atoms with Crippen LogP contribution in [0.4, 0.5) is 0 Å². The third kappa shape index (κ3) is 7.21. The first-order chi connectivity index (χ1) is 23.5. The van der Waals surface area contributed by atoms with Gasteiger partial charge in [0.1, 0.15) is 0 Å². The average molecular weight is 737 g/mol. The van der Waals surface area contributed by atoms with E-state index < -0.39 is 0 Å². The number of rotatable bonds is 10. The van der Waals surface area contributed by atoms with Crippen molar-refractivity contribution in [1.82, 2.24) is 9.97 Å². The van der Waals surface area contributed by atoms with Crippen LogP contribution in [0, 0.1) is 0 Å². The number of hydrogen-bond donors (Lipinski definition) is 0. The molecule has 5 aromatic heterocycles. The molecular weight excluding hydrogens is 677 g/mol. The van der Waals surface area contributed by atoms with Gasteiger partial charge in [0.2, 0.25) is 0 Å². The van der Waals surface area contributed by atoms with E-state index in [2.05, 4.69) is 151 Å². The van der Waals surface area contributed by atoms with E-state index in [0.29, 0.717) is 0 Å². The van der Waals surface area contributed by atoms with Gasteiger partial charge in [-0.25, -0.2) is 0 Å². The highest BCUT2D eigenvalue weighted by molar-refractivity contribution is 7.20. The van der Waals surface area contributed by atoms with E-state index >= 15 is 0 Å². The van der Waals surface area contributed by atoms with Crippen molar-refractivity contribution in [3.63, 3.8) is 0 Å². The second-order valence-corrected chi connectivity index (χ2v) is 22.8. The van der Waals surface area contributed by atoms with Gasteiger partial charge in [-0.15, -0.1) is 34.0 Å². The fraction of sp³-hybridized carbons (Fsp3) is 0.522. The van der Waals surface area contributed by atoms with Crippen molar-refractivity contribution in [2.24, 2.45) is 0 Å². The smallest absolute Gasteiger partial charge is 0.0850 e. The summed E-state index contributed by atoms with van der Waals surface area (Å²) in [5.41, 5.74) is 5.90. The summed E-state index contributed by atoms with van der Waals surface area (Å²) in [6.45, 7) is 34.1. The third-order valence-electron chi connectivity index (χ3n) is 11.3. The number of thiophene rings is 3. The molecule has 0 bridgehead atoms. The molecule has 6 rings (SSSR count). The van der Waals surface area contributed by atoms with Gasteiger partial charge in [0.25, 0.3) is 0 Å². The Labute approximate surface area is 320 Å². The lowest BCUT2D eigenvalue weighted by molar-refractivity contribution is 0.356. The molecule has 0 spiro atoms. The zero-order valence-electron chi connectivity index (χ0n) is 33.7. The molecule has 0 atom stereocenters. The minimum atomic E-state index is -0.0411. The van der Waals surface area contributed by atoms with Crippen LogP contribution in [0.1, 0.15) is 154 Å². The molecule has 5 heterocycles. The van der Waals surface area contributed by atoms with Crippen LogP contribution in [0.25, 0.3) is 30.4 Å². The van der Waals surface area contributed by atoms with Crippen LogP contribution in [-0.2, 0) is 32.5 Å². The molecule has 0 unspecified atom stereocenters. The molecule has 0 aliphatic carbocycles. The monoisotopic (exact) mass is 736 g/mol. The zero-order valence-corrected chi connectivity index (χ0v) is 36.2. The van der Waals surface area contributed by atoms with Gasteiger partial charge in [-0.05, 0) is 110 Å². The highest BCUT2D eigenvalue weighted by Crippen LogP contribution is 2.52. The molecular formula is C46H60N2S3. The van der Waals surface area contributed by atoms with Crippen molar-refractivity contribution in [3.8, 4) is 0 Å². The Hall–Kier alpha value is -2.60. The number of aromatic nitrogens is 2. The van der Waals surface area contributed by atoms with Gasteiger partial charge in [-0.3, -0.25) is 9.97 Å². The van der Waals surface area contributed by atoms with E-state index in [1.807, 2.05) is 46.4 Å². The van der Waals surface area contributed by atoms with Gasteiger partial charge in [0.15, 0.2) is 0 Å². The first kappa shape index (κ1) is 38.1. The molecule has 0 amide bonds. The molecule has 272 valence electrons. The quantitative estimate of drug-likeness (QED) is 0.140. The van der Waals surface area contributed by atoms with E-state index in [1.165, 1.54) is 56.8 Å². The SMILES string of the molecule is CC(C)(C)c1sc2cnccc2c1C(C)(C)CCC(C)(C)c1sc2cccnc2c1C(C)(C)CCC(C)(C)c1sc2ccccc2c1C(C)(C)C. The van der Waals surface area contributed by atoms with Crippen LogP contribution in [0.5, 0.6) is 0 Å². The first-order valence-corrected chi connectivity index (χ1v) is 21.3. The highest BCUT2D eigenvalue weighted by Gasteiger charge is 2.40. The Balaban J connectivity index is 1.34. The summed E-state index contributed by atoms with van der Waals surface area (Å²) in [5, 5.41) is 2.81. The van der Waals surface area contributed by atoms with Crippen molar-refractivity contribution in [2.75, 3.05) is 0 Å². The van der Waals surface area contributed by atoms with Gasteiger partial charge < -0.3 is 0 Å². The molecule has 1 aromatic carbocycles. The maximum atomic E-state index is 5.09. The second kappa shape index (κ2) is 13.1. The topological polar surface area (TPSA) is 25.8 Å². The molecule has 0 fully saturated rings. The van der Waals surface area contributed by atoms with Crippen LogP contribution < -0.4 is 0 Å². The maximum absolute atomic E-state index is 5.09. The minimum absolute atomic E-state index is 0.00901. The lowest BCUT2D eigenvalue weighted by Gasteiger charge is -2.37. The number of nitrogens with zero attached hydrogens (tertiary/aromatic N) is 2. The van der Waals surface area contributed by atoms with Crippen LogP contribution >= 0.6 is 34.0 Å². The molecule has 2 nitrogen and oxygen atoms in total. The predicted molar refractivity (Wildman–Crippen MR) is 229 cm³/mol. The molecule has 0 N–H and O–H groups in total. The van der Waals surface area contributed by atoms with Crippen LogP contribution in [-0.4, -0.2) is 9.97 Å². The highest BCUT2D eigenvalue weighted by atomic mass is 32.1. The molecule has 51 heavy (non-hydrogen) atoms. The Kier molecular flexibility index (Phi) is 9.76. The van der Waals surface area contributed by atoms with E-state index in [0.717, 1.165) is 25.7 Å². The average Bonchev–Trinajstić information content (AvgIpc) is 3.76. The number of benzene rings is 1. The van der Waals surface area contributed by atoms with E-state index in [-0.39, 0.29) is 32.5 Å². The van der Waals surface area contributed by atoms with Gasteiger partial charge in [-0.1, -0.05) is 115 Å².